The number of hydrogen-bond acceptors (Lipinski definition) is 3. The molecule has 3 rings (SSSR count). The van der Waals surface area contributed by atoms with Crippen molar-refractivity contribution in [3.63, 3.8) is 0 Å². The Morgan fingerprint density at radius 1 is 0.700 bits per heavy atom. The van der Waals surface area contributed by atoms with Crippen LogP contribution in [0.25, 0.3) is 22.3 Å². The zero-order chi connectivity index (χ0) is 28.6. The molecule has 0 radical (unpaired) electrons. The highest BCUT2D eigenvalue weighted by Gasteiger charge is 2.24. The van der Waals surface area contributed by atoms with Crippen LogP contribution in [-0.2, 0) is 16.2 Å². The molecule has 0 amide bonds. The van der Waals surface area contributed by atoms with E-state index in [1.807, 2.05) is 36.4 Å². The Bertz CT molecular complexity index is 1180. The number of halogens is 2. The average molecular weight is 551 g/mol. The van der Waals surface area contributed by atoms with Crippen LogP contribution in [0.15, 0.2) is 60.7 Å². The topological polar surface area (TPSA) is 35.5 Å². The summed E-state index contributed by atoms with van der Waals surface area (Å²) >= 11 is 0. The van der Waals surface area contributed by atoms with E-state index in [0.29, 0.717) is 5.56 Å². The van der Waals surface area contributed by atoms with E-state index >= 15 is 8.78 Å². The Balaban J connectivity index is 1.77. The molecule has 0 atom stereocenters. The summed E-state index contributed by atoms with van der Waals surface area (Å²) < 4.78 is 31.5. The monoisotopic (exact) mass is 550 g/mol. The van der Waals surface area contributed by atoms with Gasteiger partial charge in [-0.2, -0.15) is 4.89 Å². The first-order valence-corrected chi connectivity index (χ1v) is 15.1. The van der Waals surface area contributed by atoms with E-state index in [1.165, 1.54) is 44.2 Å². The van der Waals surface area contributed by atoms with Gasteiger partial charge in [0.25, 0.3) is 0 Å². The molecule has 3 aromatic rings. The minimum atomic E-state index is -0.928. The van der Waals surface area contributed by atoms with Crippen LogP contribution in [-0.4, -0.2) is 12.6 Å². The average Bonchev–Trinajstić information content (AvgIpc) is 2.97. The van der Waals surface area contributed by atoms with E-state index < -0.39 is 17.6 Å². The van der Waals surface area contributed by atoms with Gasteiger partial charge in [0.2, 0.25) is 0 Å². The van der Waals surface area contributed by atoms with Crippen LogP contribution >= 0.6 is 0 Å². The van der Waals surface area contributed by atoms with E-state index in [9.17, 15) is 4.79 Å². The number of carbonyl (C=O) groups excluding carboxylic acids is 1. The van der Waals surface area contributed by atoms with Crippen molar-refractivity contribution in [2.45, 2.75) is 97.3 Å². The molecule has 0 saturated heterocycles. The second-order valence-electron chi connectivity index (χ2n) is 10.5. The third-order valence-corrected chi connectivity index (χ3v) is 7.28. The molecule has 0 saturated carbocycles. The van der Waals surface area contributed by atoms with Crippen LogP contribution in [0.1, 0.15) is 107 Å². The standard InChI is InChI=1S/C35H44F2O3/c1-3-5-7-9-10-11-14-18-27-21-22-30(32(36)26-27)33-29(28-19-15-13-16-20-28)23-24-31(34(33)37)35(38)40-39-25-17-12-8-6-4-2/h13,15-16,19-24,26H,3-12,14,17-18,25H2,1-2H3. The van der Waals surface area contributed by atoms with Gasteiger partial charge >= 0.3 is 5.97 Å². The van der Waals surface area contributed by atoms with Gasteiger partial charge in [-0.25, -0.2) is 13.6 Å². The highest BCUT2D eigenvalue weighted by atomic mass is 19.1. The van der Waals surface area contributed by atoms with Crippen LogP contribution in [0, 0.1) is 11.6 Å². The smallest absolute Gasteiger partial charge is 0.293 e. The zero-order valence-corrected chi connectivity index (χ0v) is 24.2. The second-order valence-corrected chi connectivity index (χ2v) is 10.5. The number of hydrogen-bond donors (Lipinski definition) is 0. The van der Waals surface area contributed by atoms with Crippen molar-refractivity contribution in [1.29, 1.82) is 0 Å². The van der Waals surface area contributed by atoms with Crippen molar-refractivity contribution in [3.8, 4) is 22.3 Å². The molecule has 5 heteroatoms. The lowest BCUT2D eigenvalue weighted by atomic mass is 9.91. The Morgan fingerprint density at radius 2 is 1.32 bits per heavy atom. The van der Waals surface area contributed by atoms with Crippen molar-refractivity contribution in [2.24, 2.45) is 0 Å². The van der Waals surface area contributed by atoms with Gasteiger partial charge < -0.3 is 0 Å². The van der Waals surface area contributed by atoms with Gasteiger partial charge in [-0.3, -0.25) is 4.89 Å². The highest BCUT2D eigenvalue weighted by molar-refractivity contribution is 5.95. The fraction of sp³-hybridized carbons (Fsp3) is 0.457. The summed E-state index contributed by atoms with van der Waals surface area (Å²) in [6, 6.07) is 17.2. The number of carbonyl (C=O) groups is 1. The predicted molar refractivity (Wildman–Crippen MR) is 159 cm³/mol. The molecule has 40 heavy (non-hydrogen) atoms. The molecule has 0 unspecified atom stereocenters. The Labute approximate surface area is 238 Å². The van der Waals surface area contributed by atoms with Crippen molar-refractivity contribution >= 4 is 5.97 Å². The molecular weight excluding hydrogens is 506 g/mol. The maximum Gasteiger partial charge on any atom is 0.376 e. The van der Waals surface area contributed by atoms with Crippen molar-refractivity contribution < 1.29 is 23.4 Å². The highest BCUT2D eigenvalue weighted by Crippen LogP contribution is 2.37. The molecule has 0 heterocycles. The molecular formula is C35H44F2O3. The minimum Gasteiger partial charge on any atom is -0.293 e. The van der Waals surface area contributed by atoms with Crippen molar-refractivity contribution in [2.75, 3.05) is 6.61 Å². The fourth-order valence-corrected chi connectivity index (χ4v) is 4.96. The molecule has 0 aliphatic carbocycles. The molecule has 0 fully saturated rings. The zero-order valence-electron chi connectivity index (χ0n) is 24.2. The molecule has 216 valence electrons. The van der Waals surface area contributed by atoms with Gasteiger partial charge in [0.05, 0.1) is 12.2 Å². The molecule has 0 spiro atoms. The van der Waals surface area contributed by atoms with E-state index in [1.54, 1.807) is 12.1 Å². The normalized spacial score (nSPS) is 11.1. The van der Waals surface area contributed by atoms with Gasteiger partial charge in [0, 0.05) is 11.1 Å². The van der Waals surface area contributed by atoms with E-state index in [2.05, 4.69) is 13.8 Å². The molecule has 0 aromatic heterocycles. The predicted octanol–water partition coefficient (Wildman–Crippen LogP) is 10.7. The Morgan fingerprint density at radius 3 is 2.00 bits per heavy atom. The third-order valence-electron chi connectivity index (χ3n) is 7.28. The maximum absolute atomic E-state index is 16.0. The Hall–Kier alpha value is -3.05. The Kier molecular flexibility index (Phi) is 13.9. The van der Waals surface area contributed by atoms with Crippen LogP contribution in [0.3, 0.4) is 0 Å². The third kappa shape index (κ3) is 9.55. The SMILES string of the molecule is CCCCCCCCCc1ccc(-c2c(-c3ccccc3)ccc(C(=O)OOCCCCCCC)c2F)c(F)c1. The van der Waals surface area contributed by atoms with Crippen LogP contribution in [0.4, 0.5) is 8.78 Å². The van der Waals surface area contributed by atoms with Gasteiger partial charge in [-0.05, 0) is 48.1 Å². The lowest BCUT2D eigenvalue weighted by Crippen LogP contribution is -2.10. The molecule has 0 N–H and O–H groups in total. The number of aryl methyl sites for hydroxylation is 1. The van der Waals surface area contributed by atoms with Crippen LogP contribution in [0.2, 0.25) is 0 Å². The lowest BCUT2D eigenvalue weighted by molar-refractivity contribution is -0.241. The second kappa shape index (κ2) is 17.6. The van der Waals surface area contributed by atoms with Gasteiger partial charge in [-0.15, -0.1) is 0 Å². The first-order valence-electron chi connectivity index (χ1n) is 15.1. The van der Waals surface area contributed by atoms with Gasteiger partial charge in [-0.1, -0.05) is 127 Å². The van der Waals surface area contributed by atoms with Gasteiger partial charge in [0.15, 0.2) is 0 Å². The summed E-state index contributed by atoms with van der Waals surface area (Å²) in [6.07, 6.45) is 14.2. The maximum atomic E-state index is 16.0. The lowest BCUT2D eigenvalue weighted by Gasteiger charge is -2.15. The van der Waals surface area contributed by atoms with E-state index in [4.69, 9.17) is 9.78 Å². The quantitative estimate of drug-likeness (QED) is 0.0898. The summed E-state index contributed by atoms with van der Waals surface area (Å²) in [5.41, 5.74) is 1.99. The molecule has 3 aromatic carbocycles. The summed E-state index contributed by atoms with van der Waals surface area (Å²) in [5.74, 6) is -2.26. The van der Waals surface area contributed by atoms with Crippen molar-refractivity contribution in [1.82, 2.24) is 0 Å². The summed E-state index contributed by atoms with van der Waals surface area (Å²) in [6.45, 7) is 4.60. The fourth-order valence-electron chi connectivity index (χ4n) is 4.96. The van der Waals surface area contributed by atoms with E-state index in [-0.39, 0.29) is 23.3 Å². The number of unbranched alkanes of at least 4 members (excludes halogenated alkanes) is 10. The largest absolute Gasteiger partial charge is 0.376 e. The van der Waals surface area contributed by atoms with Crippen LogP contribution in [0.5, 0.6) is 0 Å². The first kappa shape index (κ1) is 31.5. The summed E-state index contributed by atoms with van der Waals surface area (Å²) in [7, 11) is 0. The van der Waals surface area contributed by atoms with Gasteiger partial charge in [0.1, 0.15) is 11.6 Å². The first-order chi connectivity index (χ1) is 19.6. The van der Waals surface area contributed by atoms with Crippen molar-refractivity contribution in [3.05, 3.63) is 83.4 Å². The molecule has 0 aliphatic rings. The number of benzene rings is 3. The van der Waals surface area contributed by atoms with Crippen LogP contribution < -0.4 is 0 Å². The molecule has 0 aliphatic heterocycles. The minimum absolute atomic E-state index is 0.0418. The molecule has 0 bridgehead atoms. The number of rotatable bonds is 18. The van der Waals surface area contributed by atoms with E-state index in [0.717, 1.165) is 62.5 Å². The summed E-state index contributed by atoms with van der Waals surface area (Å²) in [4.78, 5) is 22.7. The molecule has 3 nitrogen and oxygen atoms in total. The summed E-state index contributed by atoms with van der Waals surface area (Å²) in [5, 5.41) is 0.